The summed E-state index contributed by atoms with van der Waals surface area (Å²) in [5, 5.41) is 38.8. The molecule has 1 aliphatic rings. The molecule has 0 unspecified atom stereocenters. The maximum Gasteiger partial charge on any atom is 0.306 e. The number of aliphatic hydroxyl groups excluding tert-OH is 4. The van der Waals surface area contributed by atoms with Crippen molar-refractivity contribution in [1.82, 2.24) is 0 Å². The highest BCUT2D eigenvalue weighted by Gasteiger charge is 2.44. The van der Waals surface area contributed by atoms with Crippen molar-refractivity contribution in [2.45, 2.75) is 89.2 Å². The molecule has 0 aliphatic carbocycles. The molecule has 1 aliphatic heterocycles. The normalized spacial score (nSPS) is 28.0. The molecular formula is C19H34O10. The molecule has 6 atom stereocenters. The van der Waals surface area contributed by atoms with E-state index in [4.69, 9.17) is 18.9 Å². The predicted molar refractivity (Wildman–Crippen MR) is 99.6 cm³/mol. The molecule has 1 fully saturated rings. The first-order chi connectivity index (χ1) is 13.8. The minimum absolute atomic E-state index is 0.216. The fourth-order valence-corrected chi connectivity index (χ4v) is 2.75. The molecule has 1 rings (SSSR count). The number of carbonyl (C=O) groups is 2. The summed E-state index contributed by atoms with van der Waals surface area (Å²) in [6.07, 6.45) is -4.51. The molecule has 10 heteroatoms. The second-order valence-electron chi connectivity index (χ2n) is 7.03. The van der Waals surface area contributed by atoms with Crippen LogP contribution < -0.4 is 0 Å². The van der Waals surface area contributed by atoms with E-state index in [9.17, 15) is 30.0 Å². The van der Waals surface area contributed by atoms with Crippen LogP contribution in [0.1, 0.15) is 52.4 Å². The Kier molecular flexibility index (Phi) is 12.3. The number of hydrogen-bond acceptors (Lipinski definition) is 10. The maximum atomic E-state index is 12.0. The van der Waals surface area contributed by atoms with Crippen LogP contribution in [0.2, 0.25) is 0 Å². The van der Waals surface area contributed by atoms with Crippen LogP contribution in [0.15, 0.2) is 0 Å². The molecule has 0 saturated carbocycles. The fourth-order valence-electron chi connectivity index (χ4n) is 2.75. The molecule has 1 saturated heterocycles. The number of esters is 2. The zero-order valence-corrected chi connectivity index (χ0v) is 17.1. The molecule has 0 aromatic rings. The summed E-state index contributed by atoms with van der Waals surface area (Å²) in [6, 6.07) is 0. The van der Waals surface area contributed by atoms with Gasteiger partial charge in [-0.3, -0.25) is 9.59 Å². The zero-order chi connectivity index (χ0) is 21.8. The third kappa shape index (κ3) is 8.93. The van der Waals surface area contributed by atoms with E-state index in [1.165, 1.54) is 0 Å². The average Bonchev–Trinajstić information content (AvgIpc) is 2.70. The monoisotopic (exact) mass is 422 g/mol. The highest BCUT2D eigenvalue weighted by Crippen LogP contribution is 2.22. The van der Waals surface area contributed by atoms with Crippen molar-refractivity contribution in [2.24, 2.45) is 0 Å². The van der Waals surface area contributed by atoms with E-state index < -0.39 is 55.4 Å². The molecule has 0 aromatic carbocycles. The smallest absolute Gasteiger partial charge is 0.306 e. The van der Waals surface area contributed by atoms with Crippen molar-refractivity contribution in [3.8, 4) is 0 Å². The molecule has 10 nitrogen and oxygen atoms in total. The third-order valence-corrected chi connectivity index (χ3v) is 4.46. The van der Waals surface area contributed by atoms with Gasteiger partial charge in [0.2, 0.25) is 0 Å². The topological polar surface area (TPSA) is 152 Å². The van der Waals surface area contributed by atoms with Crippen LogP contribution >= 0.6 is 0 Å². The van der Waals surface area contributed by atoms with Crippen LogP contribution in [0.5, 0.6) is 0 Å². The van der Waals surface area contributed by atoms with Crippen LogP contribution in [0.3, 0.4) is 0 Å². The summed E-state index contributed by atoms with van der Waals surface area (Å²) in [4.78, 5) is 23.6. The lowest BCUT2D eigenvalue weighted by Gasteiger charge is -2.39. The lowest BCUT2D eigenvalue weighted by atomic mass is 9.99. The van der Waals surface area contributed by atoms with Gasteiger partial charge < -0.3 is 39.4 Å². The predicted octanol–water partition coefficient (Wildman–Crippen LogP) is -0.362. The molecule has 0 bridgehead atoms. The largest absolute Gasteiger partial charge is 0.462 e. The first kappa shape index (κ1) is 25.7. The number of ether oxygens (including phenoxy) is 4. The lowest BCUT2D eigenvalue weighted by Crippen LogP contribution is -2.59. The second-order valence-corrected chi connectivity index (χ2v) is 7.03. The minimum Gasteiger partial charge on any atom is -0.462 e. The van der Waals surface area contributed by atoms with Gasteiger partial charge in [0, 0.05) is 12.8 Å². The van der Waals surface area contributed by atoms with Crippen molar-refractivity contribution in [2.75, 3.05) is 19.8 Å². The quantitative estimate of drug-likeness (QED) is 0.229. The molecule has 0 radical (unpaired) electrons. The first-order valence-electron chi connectivity index (χ1n) is 10.1. The van der Waals surface area contributed by atoms with Gasteiger partial charge in [0.25, 0.3) is 0 Å². The van der Waals surface area contributed by atoms with Gasteiger partial charge in [0.1, 0.15) is 31.0 Å². The average molecular weight is 422 g/mol. The Labute approximate surface area is 170 Å². The third-order valence-electron chi connectivity index (χ3n) is 4.46. The molecule has 1 heterocycles. The van der Waals surface area contributed by atoms with Crippen molar-refractivity contribution < 1.29 is 49.0 Å². The van der Waals surface area contributed by atoms with Gasteiger partial charge in [-0.1, -0.05) is 26.7 Å². The Hall–Kier alpha value is -1.30. The van der Waals surface area contributed by atoms with E-state index in [1.807, 2.05) is 13.8 Å². The van der Waals surface area contributed by atoms with Crippen molar-refractivity contribution in [3.05, 3.63) is 0 Å². The van der Waals surface area contributed by atoms with E-state index in [2.05, 4.69) is 0 Å². The summed E-state index contributed by atoms with van der Waals surface area (Å²) < 4.78 is 21.1. The van der Waals surface area contributed by atoms with E-state index in [0.29, 0.717) is 12.8 Å². The van der Waals surface area contributed by atoms with Gasteiger partial charge in [-0.15, -0.1) is 0 Å². The van der Waals surface area contributed by atoms with Crippen LogP contribution in [0.25, 0.3) is 0 Å². The molecule has 0 amide bonds. The number of aliphatic hydroxyl groups is 4. The highest BCUT2D eigenvalue weighted by atomic mass is 16.7. The van der Waals surface area contributed by atoms with Gasteiger partial charge in [0.15, 0.2) is 12.4 Å². The van der Waals surface area contributed by atoms with Crippen LogP contribution in [-0.4, -0.2) is 89.0 Å². The summed E-state index contributed by atoms with van der Waals surface area (Å²) in [7, 11) is 0. The maximum absolute atomic E-state index is 12.0. The van der Waals surface area contributed by atoms with Gasteiger partial charge in [-0.2, -0.15) is 0 Å². The van der Waals surface area contributed by atoms with E-state index >= 15 is 0 Å². The molecular weight excluding hydrogens is 388 g/mol. The SMILES string of the molecule is CCCCCC(=O)O[C@H](COC(=O)CCC)CO[C@@H]1O[C@H](CO)[C@H](O)[C@H](O)[C@H]1O. The van der Waals surface area contributed by atoms with Crippen molar-refractivity contribution in [1.29, 1.82) is 0 Å². The van der Waals surface area contributed by atoms with Gasteiger partial charge in [-0.05, 0) is 12.8 Å². The fraction of sp³-hybridized carbons (Fsp3) is 0.895. The van der Waals surface area contributed by atoms with Crippen molar-refractivity contribution >= 4 is 11.9 Å². The summed E-state index contributed by atoms with van der Waals surface area (Å²) in [5.41, 5.74) is 0. The van der Waals surface area contributed by atoms with Gasteiger partial charge >= 0.3 is 11.9 Å². The van der Waals surface area contributed by atoms with Crippen molar-refractivity contribution in [3.63, 3.8) is 0 Å². The Morgan fingerprint density at radius 2 is 1.66 bits per heavy atom. The molecule has 4 N–H and O–H groups in total. The van der Waals surface area contributed by atoms with Crippen LogP contribution in [0.4, 0.5) is 0 Å². The highest BCUT2D eigenvalue weighted by molar-refractivity contribution is 5.70. The summed E-state index contributed by atoms with van der Waals surface area (Å²) in [6.45, 7) is 2.75. The molecule has 0 aromatic heterocycles. The van der Waals surface area contributed by atoms with E-state index in [-0.39, 0.29) is 26.1 Å². The Bertz CT molecular complexity index is 484. The number of hydrogen-bond donors (Lipinski definition) is 4. The molecule has 0 spiro atoms. The summed E-state index contributed by atoms with van der Waals surface area (Å²) in [5.74, 6) is -0.903. The van der Waals surface area contributed by atoms with E-state index in [0.717, 1.165) is 12.8 Å². The Morgan fingerprint density at radius 1 is 0.931 bits per heavy atom. The van der Waals surface area contributed by atoms with Crippen LogP contribution in [0, 0.1) is 0 Å². The second kappa shape index (κ2) is 13.8. The van der Waals surface area contributed by atoms with Gasteiger partial charge in [0.05, 0.1) is 13.2 Å². The lowest BCUT2D eigenvalue weighted by molar-refractivity contribution is -0.305. The van der Waals surface area contributed by atoms with Gasteiger partial charge in [-0.25, -0.2) is 0 Å². The molecule has 29 heavy (non-hydrogen) atoms. The van der Waals surface area contributed by atoms with Crippen LogP contribution in [-0.2, 0) is 28.5 Å². The van der Waals surface area contributed by atoms with E-state index in [1.54, 1.807) is 0 Å². The first-order valence-corrected chi connectivity index (χ1v) is 10.1. The summed E-state index contributed by atoms with van der Waals surface area (Å²) >= 11 is 0. The standard InChI is InChI=1S/C19H34O10/c1-3-5-6-8-15(22)28-12(10-26-14(21)7-4-2)11-27-19-18(25)17(24)16(23)13(9-20)29-19/h12-13,16-20,23-25H,3-11H2,1-2H3/t12-,13-,16+,17+,18-,19-/m1/s1. The number of carbonyl (C=O) groups excluding carboxylic acids is 2. The molecule has 170 valence electrons. The minimum atomic E-state index is -1.58. The zero-order valence-electron chi connectivity index (χ0n) is 17.1. The number of rotatable bonds is 13. The Morgan fingerprint density at radius 3 is 2.28 bits per heavy atom. The Balaban J connectivity index is 2.64. The number of unbranched alkanes of at least 4 members (excludes halogenated alkanes) is 2.